The van der Waals surface area contributed by atoms with Gasteiger partial charge < -0.3 is 4.90 Å². The summed E-state index contributed by atoms with van der Waals surface area (Å²) in [6, 6.07) is 4.88. The van der Waals surface area contributed by atoms with E-state index >= 15 is 0 Å². The second-order valence-electron chi connectivity index (χ2n) is 3.72. The lowest BCUT2D eigenvalue weighted by molar-refractivity contribution is -0.145. The Morgan fingerprint density at radius 3 is 2.47 bits per heavy atom. The fourth-order valence-electron chi connectivity index (χ4n) is 1.62. The van der Waals surface area contributed by atoms with Crippen LogP contribution in [-0.2, 0) is 6.18 Å². The molecule has 0 saturated heterocycles. The van der Waals surface area contributed by atoms with E-state index in [1.165, 1.54) is 0 Å². The number of aromatic nitrogens is 2. The Morgan fingerprint density at radius 1 is 1.29 bits per heavy atom. The van der Waals surface area contributed by atoms with Crippen LogP contribution in [0.3, 0.4) is 0 Å². The molecule has 2 aromatic rings. The molecule has 0 unspecified atom stereocenters. The molecule has 92 valence electrons. The summed E-state index contributed by atoms with van der Waals surface area (Å²) in [4.78, 5) is 5.14. The van der Waals surface area contributed by atoms with Gasteiger partial charge in [-0.1, -0.05) is 6.07 Å². The second kappa shape index (κ2) is 3.90. The zero-order valence-electron chi connectivity index (χ0n) is 9.09. The topological polar surface area (TPSA) is 20.5 Å². The molecule has 0 spiro atoms. The van der Waals surface area contributed by atoms with E-state index in [1.54, 1.807) is 37.2 Å². The maximum atomic E-state index is 12.9. The molecule has 0 bridgehead atoms. The Morgan fingerprint density at radius 2 is 1.94 bits per heavy atom. The first-order valence-corrected chi connectivity index (χ1v) is 5.53. The van der Waals surface area contributed by atoms with Gasteiger partial charge in [-0.05, 0) is 28.1 Å². The first-order valence-electron chi connectivity index (χ1n) is 4.74. The van der Waals surface area contributed by atoms with Crippen LogP contribution in [0.25, 0.3) is 5.52 Å². The van der Waals surface area contributed by atoms with Gasteiger partial charge in [-0.3, -0.25) is 4.40 Å². The summed E-state index contributed by atoms with van der Waals surface area (Å²) in [5.74, 6) is -0.503. The van der Waals surface area contributed by atoms with Crippen molar-refractivity contribution >= 4 is 27.3 Å². The molecule has 7 heteroatoms. The van der Waals surface area contributed by atoms with Gasteiger partial charge in [0.05, 0.1) is 5.52 Å². The summed E-state index contributed by atoms with van der Waals surface area (Å²) in [6.07, 6.45) is -4.49. The fraction of sp³-hybridized carbons (Fsp3) is 0.300. The Balaban J connectivity index is 2.86. The van der Waals surface area contributed by atoms with Crippen LogP contribution in [0.15, 0.2) is 22.8 Å². The van der Waals surface area contributed by atoms with Gasteiger partial charge in [-0.2, -0.15) is 13.2 Å². The average Bonchev–Trinajstić information content (AvgIpc) is 2.56. The third kappa shape index (κ3) is 1.99. The number of imidazole rings is 1. The minimum Gasteiger partial charge on any atom is -0.364 e. The second-order valence-corrected chi connectivity index (χ2v) is 4.47. The number of alkyl halides is 3. The summed E-state index contributed by atoms with van der Waals surface area (Å²) in [6.45, 7) is 0. The third-order valence-electron chi connectivity index (χ3n) is 2.31. The van der Waals surface area contributed by atoms with Crippen molar-refractivity contribution in [2.45, 2.75) is 6.18 Å². The lowest BCUT2D eigenvalue weighted by atomic mass is 10.4. The molecular weight excluding hydrogens is 299 g/mol. The average molecular weight is 308 g/mol. The molecule has 17 heavy (non-hydrogen) atoms. The van der Waals surface area contributed by atoms with Gasteiger partial charge in [0, 0.05) is 14.1 Å². The summed E-state index contributed by atoms with van der Waals surface area (Å²) in [7, 11) is 3.37. The molecule has 2 heterocycles. The Labute approximate surface area is 104 Å². The summed E-state index contributed by atoms with van der Waals surface area (Å²) < 4.78 is 39.8. The fourth-order valence-corrected chi connectivity index (χ4v) is 2.10. The normalized spacial score (nSPS) is 12.1. The molecule has 0 saturated carbocycles. The van der Waals surface area contributed by atoms with Gasteiger partial charge in [0.2, 0.25) is 5.82 Å². The van der Waals surface area contributed by atoms with Crippen LogP contribution >= 0.6 is 15.9 Å². The molecule has 0 N–H and O–H groups in total. The maximum absolute atomic E-state index is 12.9. The van der Waals surface area contributed by atoms with E-state index in [0.29, 0.717) is 11.3 Å². The molecule has 0 radical (unpaired) electrons. The van der Waals surface area contributed by atoms with Crippen LogP contribution in [0.4, 0.5) is 19.0 Å². The van der Waals surface area contributed by atoms with Gasteiger partial charge in [-0.25, -0.2) is 4.98 Å². The zero-order chi connectivity index (χ0) is 12.8. The Hall–Kier alpha value is -1.24. The Bertz CT molecular complexity index is 560. The predicted molar refractivity (Wildman–Crippen MR) is 62.2 cm³/mol. The van der Waals surface area contributed by atoms with Crippen LogP contribution in [-0.4, -0.2) is 23.5 Å². The van der Waals surface area contributed by atoms with Crippen LogP contribution in [0.1, 0.15) is 5.82 Å². The molecule has 0 atom stereocenters. The number of hydrogen-bond acceptors (Lipinski definition) is 2. The van der Waals surface area contributed by atoms with Crippen LogP contribution in [0.5, 0.6) is 0 Å². The van der Waals surface area contributed by atoms with Crippen molar-refractivity contribution in [3.8, 4) is 0 Å². The van der Waals surface area contributed by atoms with E-state index in [4.69, 9.17) is 0 Å². The molecular formula is C10H9BrF3N3. The van der Waals surface area contributed by atoms with E-state index < -0.39 is 12.0 Å². The summed E-state index contributed by atoms with van der Waals surface area (Å²) in [5.41, 5.74) is 0.392. The van der Waals surface area contributed by atoms with Crippen LogP contribution in [0.2, 0.25) is 0 Å². The lowest BCUT2D eigenvalue weighted by Crippen LogP contribution is -2.17. The number of fused-ring (bicyclic) bond motifs is 1. The maximum Gasteiger partial charge on any atom is 0.450 e. The van der Waals surface area contributed by atoms with Crippen molar-refractivity contribution in [3.05, 3.63) is 28.6 Å². The molecule has 2 rings (SSSR count). The summed E-state index contributed by atoms with van der Waals surface area (Å²) >= 11 is 3.04. The molecule has 0 fully saturated rings. The number of halogens is 4. The molecule has 3 nitrogen and oxygen atoms in total. The molecule has 0 aromatic carbocycles. The SMILES string of the molecule is CN(C)c1cccc2c(Br)nc(C(F)(F)F)n12. The quantitative estimate of drug-likeness (QED) is 0.806. The number of nitrogens with zero attached hydrogens (tertiary/aromatic N) is 3. The number of pyridine rings is 1. The predicted octanol–water partition coefficient (Wildman–Crippen LogP) is 3.18. The van der Waals surface area contributed by atoms with Crippen molar-refractivity contribution in [1.29, 1.82) is 0 Å². The van der Waals surface area contributed by atoms with Crippen molar-refractivity contribution in [1.82, 2.24) is 9.38 Å². The number of hydrogen-bond donors (Lipinski definition) is 0. The zero-order valence-corrected chi connectivity index (χ0v) is 10.7. The number of rotatable bonds is 1. The van der Waals surface area contributed by atoms with Crippen molar-refractivity contribution in [3.63, 3.8) is 0 Å². The molecule has 0 aliphatic carbocycles. The van der Waals surface area contributed by atoms with Crippen LogP contribution < -0.4 is 4.90 Å². The highest BCUT2D eigenvalue weighted by Gasteiger charge is 2.37. The highest BCUT2D eigenvalue weighted by molar-refractivity contribution is 9.10. The largest absolute Gasteiger partial charge is 0.450 e. The first kappa shape index (κ1) is 12.2. The standard InChI is InChI=1S/C10H9BrF3N3/c1-16(2)7-5-3-4-6-8(11)15-9(17(6)7)10(12,13)14/h3-5H,1-2H3. The molecule has 0 aliphatic rings. The van der Waals surface area contributed by atoms with Crippen molar-refractivity contribution in [2.75, 3.05) is 19.0 Å². The minimum absolute atomic E-state index is 0.188. The van der Waals surface area contributed by atoms with Gasteiger partial charge >= 0.3 is 6.18 Å². The van der Waals surface area contributed by atoms with Crippen molar-refractivity contribution < 1.29 is 13.2 Å². The lowest BCUT2D eigenvalue weighted by Gasteiger charge is -2.16. The van der Waals surface area contributed by atoms with E-state index in [0.717, 1.165) is 4.40 Å². The van der Waals surface area contributed by atoms with Gasteiger partial charge in [0.15, 0.2) is 0 Å². The number of anilines is 1. The summed E-state index contributed by atoms with van der Waals surface area (Å²) in [5, 5.41) is 0. The highest BCUT2D eigenvalue weighted by Crippen LogP contribution is 2.34. The Kier molecular flexibility index (Phi) is 2.81. The first-order chi connectivity index (χ1) is 7.82. The van der Waals surface area contributed by atoms with E-state index in [-0.39, 0.29) is 4.60 Å². The molecule has 0 aliphatic heterocycles. The van der Waals surface area contributed by atoms with E-state index in [9.17, 15) is 13.2 Å². The van der Waals surface area contributed by atoms with Crippen LogP contribution in [0, 0.1) is 0 Å². The van der Waals surface area contributed by atoms with E-state index in [2.05, 4.69) is 20.9 Å². The van der Waals surface area contributed by atoms with E-state index in [1.807, 2.05) is 0 Å². The van der Waals surface area contributed by atoms with Gasteiger partial charge in [-0.15, -0.1) is 0 Å². The minimum atomic E-state index is -4.49. The smallest absolute Gasteiger partial charge is 0.364 e. The van der Waals surface area contributed by atoms with Gasteiger partial charge in [0.25, 0.3) is 0 Å². The monoisotopic (exact) mass is 307 g/mol. The van der Waals surface area contributed by atoms with Gasteiger partial charge in [0.1, 0.15) is 10.4 Å². The highest BCUT2D eigenvalue weighted by atomic mass is 79.9. The van der Waals surface area contributed by atoms with Crippen molar-refractivity contribution in [2.24, 2.45) is 0 Å². The molecule has 0 amide bonds. The molecule has 2 aromatic heterocycles. The third-order valence-corrected chi connectivity index (χ3v) is 2.89.